The number of nitrogens with one attached hydrogen (secondary N) is 1. The Kier molecular flexibility index (Phi) is 11.9. The van der Waals surface area contributed by atoms with E-state index in [9.17, 15) is 28.2 Å². The number of nitrogen functional groups attached to an aromatic ring is 1. The second-order valence-electron chi connectivity index (χ2n) is 8.49. The highest BCUT2D eigenvalue weighted by atomic mass is 32.2. The van der Waals surface area contributed by atoms with Crippen LogP contribution < -0.4 is 16.2 Å². The molecular formula is C21H36N8O9S. The zero-order valence-corrected chi connectivity index (χ0v) is 22.7. The van der Waals surface area contributed by atoms with Crippen molar-refractivity contribution in [1.82, 2.24) is 29.1 Å². The number of anilines is 1. The molecule has 3 heterocycles. The fourth-order valence-electron chi connectivity index (χ4n) is 3.62. The van der Waals surface area contributed by atoms with Crippen molar-refractivity contribution < 1.29 is 42.2 Å². The number of aliphatic hydroxyl groups is 2. The third kappa shape index (κ3) is 8.75. The molecule has 1 aliphatic heterocycles. The van der Waals surface area contributed by atoms with Crippen molar-refractivity contribution in [3.8, 4) is 0 Å². The van der Waals surface area contributed by atoms with Gasteiger partial charge >= 0.3 is 16.3 Å². The number of fused-ring (bicyclic) bond motifs is 1. The van der Waals surface area contributed by atoms with Gasteiger partial charge in [-0.3, -0.25) is 18.3 Å². The molecule has 39 heavy (non-hydrogen) atoms. The average Bonchev–Trinajstić information content (AvgIpc) is 3.44. The van der Waals surface area contributed by atoms with Crippen molar-refractivity contribution in [2.24, 2.45) is 5.73 Å². The predicted molar refractivity (Wildman–Crippen MR) is 137 cm³/mol. The summed E-state index contributed by atoms with van der Waals surface area (Å²) in [5.74, 6) is -2.28. The van der Waals surface area contributed by atoms with Gasteiger partial charge in [0, 0.05) is 6.42 Å². The van der Waals surface area contributed by atoms with Gasteiger partial charge in [0.25, 0.3) is 5.91 Å². The Morgan fingerprint density at radius 1 is 1.18 bits per heavy atom. The molecule has 220 valence electrons. The smallest absolute Gasteiger partial charge is 0.362 e. The van der Waals surface area contributed by atoms with E-state index in [1.165, 1.54) is 36.9 Å². The lowest BCUT2D eigenvalue weighted by atomic mass is 10.1. The van der Waals surface area contributed by atoms with Gasteiger partial charge in [0.15, 0.2) is 17.7 Å². The highest BCUT2D eigenvalue weighted by molar-refractivity contribution is 7.85. The van der Waals surface area contributed by atoms with Crippen LogP contribution in [0, 0.1) is 0 Å². The number of carboxylic acids is 1. The second-order valence-corrected chi connectivity index (χ2v) is 9.84. The van der Waals surface area contributed by atoms with Gasteiger partial charge in [0.1, 0.15) is 30.2 Å². The first-order valence-corrected chi connectivity index (χ1v) is 13.6. The molecule has 1 amide bonds. The largest absolute Gasteiger partial charge is 0.481 e. The zero-order chi connectivity index (χ0) is 29.3. The third-order valence-electron chi connectivity index (χ3n) is 5.96. The summed E-state index contributed by atoms with van der Waals surface area (Å²) in [6.07, 6.45) is -3.85. The first-order chi connectivity index (χ1) is 18.3. The number of hydrogen-bond acceptors (Lipinski definition) is 14. The molecule has 8 N–H and O–H groups in total. The Morgan fingerprint density at radius 2 is 1.82 bits per heavy atom. The van der Waals surface area contributed by atoms with Gasteiger partial charge in [0.2, 0.25) is 0 Å². The van der Waals surface area contributed by atoms with Crippen LogP contribution in [0.4, 0.5) is 5.82 Å². The van der Waals surface area contributed by atoms with Crippen LogP contribution in [-0.2, 0) is 28.8 Å². The van der Waals surface area contributed by atoms with Crippen LogP contribution in [0.15, 0.2) is 12.7 Å². The maximum atomic E-state index is 12.0. The molecule has 0 aromatic carbocycles. The van der Waals surface area contributed by atoms with E-state index in [4.69, 9.17) is 21.3 Å². The molecular weight excluding hydrogens is 540 g/mol. The highest BCUT2D eigenvalue weighted by Gasteiger charge is 2.45. The van der Waals surface area contributed by atoms with Gasteiger partial charge in [-0.05, 0) is 26.1 Å². The van der Waals surface area contributed by atoms with E-state index >= 15 is 0 Å². The van der Waals surface area contributed by atoms with Crippen LogP contribution in [0.5, 0.6) is 0 Å². The first-order valence-electron chi connectivity index (χ1n) is 12.2. The number of carbonyl (C=O) groups is 2. The average molecular weight is 577 g/mol. The van der Waals surface area contributed by atoms with E-state index in [0.717, 1.165) is 0 Å². The minimum atomic E-state index is -4.66. The Labute approximate surface area is 225 Å². The number of ether oxygens (including phenoxy) is 1. The summed E-state index contributed by atoms with van der Waals surface area (Å²) >= 11 is 0. The van der Waals surface area contributed by atoms with Crippen LogP contribution in [0.3, 0.4) is 0 Å². The number of carbonyl (C=O) groups excluding carboxylic acids is 1. The zero-order valence-electron chi connectivity index (χ0n) is 21.9. The Morgan fingerprint density at radius 3 is 2.38 bits per heavy atom. The number of nitrogens with two attached hydrogens (primary N) is 2. The molecule has 18 heteroatoms. The van der Waals surface area contributed by atoms with Crippen molar-refractivity contribution in [3.05, 3.63) is 12.7 Å². The van der Waals surface area contributed by atoms with Gasteiger partial charge in [-0.15, -0.1) is 0 Å². The van der Waals surface area contributed by atoms with Gasteiger partial charge in [-0.2, -0.15) is 8.42 Å². The molecule has 0 spiro atoms. The van der Waals surface area contributed by atoms with E-state index in [1.807, 2.05) is 0 Å². The summed E-state index contributed by atoms with van der Waals surface area (Å²) < 4.78 is 37.0. The number of nitrogens with zero attached hydrogens (tertiary/aromatic N) is 5. The maximum Gasteiger partial charge on any atom is 0.362 e. The summed E-state index contributed by atoms with van der Waals surface area (Å²) in [4.78, 5) is 36.5. The Bertz CT molecular complexity index is 1200. The predicted octanol–water partition coefficient (Wildman–Crippen LogP) is -2.05. The summed E-state index contributed by atoms with van der Waals surface area (Å²) in [6.45, 7) is 9.37. The number of amides is 1. The molecule has 0 radical (unpaired) electrons. The van der Waals surface area contributed by atoms with Gasteiger partial charge < -0.3 is 36.4 Å². The Hall–Kier alpha value is -3.00. The van der Waals surface area contributed by atoms with E-state index < -0.39 is 65.8 Å². The summed E-state index contributed by atoms with van der Waals surface area (Å²) in [5.41, 5.74) is 11.6. The molecule has 1 aliphatic rings. The normalized spacial score (nSPS) is 21.9. The first kappa shape index (κ1) is 32.2. The van der Waals surface area contributed by atoms with Gasteiger partial charge in [-0.1, -0.05) is 20.8 Å². The number of carboxylic acid groups (broad SMARTS) is 1. The van der Waals surface area contributed by atoms with E-state index in [0.29, 0.717) is 0 Å². The number of hydrogen-bond donors (Lipinski definition) is 6. The molecule has 2 aromatic heterocycles. The summed E-state index contributed by atoms with van der Waals surface area (Å²) in [7, 11) is -4.66. The van der Waals surface area contributed by atoms with Crippen LogP contribution in [-0.4, -0.2) is 111 Å². The van der Waals surface area contributed by atoms with Crippen molar-refractivity contribution >= 4 is 39.2 Å². The lowest BCUT2D eigenvalue weighted by Gasteiger charge is -2.16. The standard InChI is InChI=1S/C15H21N7O9S.C6H15N/c16-6(1-2-8(23)24)14(27)21-32(28,29)30-3-7-10(25)11(26)15(31-7)22-5-20-9-12(17)18-4-19-13(9)22;1-4-7(5-2)6-3/h4-7,10-11,15,25-26H,1-3,16H2,(H,21,27)(H,23,24)(H2,17,18,19);4-6H2,1-3H3/t6-,7+,10+,11+,15+;/m0./s1. The number of aliphatic hydroxyl groups excluding tert-OH is 2. The second kappa shape index (κ2) is 14.4. The number of aliphatic carboxylic acids is 1. The molecule has 0 unspecified atom stereocenters. The minimum absolute atomic E-state index is 0.0880. The molecule has 3 rings (SSSR count). The van der Waals surface area contributed by atoms with Crippen molar-refractivity contribution in [1.29, 1.82) is 0 Å². The minimum Gasteiger partial charge on any atom is -0.481 e. The fraction of sp³-hybridized carbons (Fsp3) is 0.667. The molecule has 0 saturated carbocycles. The monoisotopic (exact) mass is 576 g/mol. The van der Waals surface area contributed by atoms with Crippen LogP contribution in [0.1, 0.15) is 39.8 Å². The van der Waals surface area contributed by atoms with Crippen LogP contribution >= 0.6 is 0 Å². The highest BCUT2D eigenvalue weighted by Crippen LogP contribution is 2.32. The summed E-state index contributed by atoms with van der Waals surface area (Å²) in [5, 5.41) is 29.2. The Balaban J connectivity index is 0.000000673. The topological polar surface area (TPSA) is 258 Å². The molecule has 17 nitrogen and oxygen atoms in total. The van der Waals surface area contributed by atoms with E-state index in [1.54, 1.807) is 4.72 Å². The van der Waals surface area contributed by atoms with Crippen LogP contribution in [0.2, 0.25) is 0 Å². The molecule has 1 fully saturated rings. The molecule has 0 bridgehead atoms. The number of rotatable bonds is 12. The van der Waals surface area contributed by atoms with E-state index in [-0.39, 0.29) is 23.4 Å². The van der Waals surface area contributed by atoms with Crippen LogP contribution in [0.25, 0.3) is 11.2 Å². The van der Waals surface area contributed by atoms with Crippen molar-refractivity contribution in [2.75, 3.05) is 32.0 Å². The van der Waals surface area contributed by atoms with Crippen molar-refractivity contribution in [2.45, 2.75) is 64.2 Å². The SMILES string of the molecule is CCN(CC)CC.Nc1ncnc2c1ncn2[C@@H]1O[C@H](COS(=O)(=O)NC(=O)[C@@H](N)CCC(=O)O)[C@@H](O)[C@H]1O. The summed E-state index contributed by atoms with van der Waals surface area (Å²) in [6, 6.07) is -1.40. The lowest BCUT2D eigenvalue weighted by Crippen LogP contribution is -2.45. The maximum absolute atomic E-state index is 12.0. The number of aromatic nitrogens is 4. The van der Waals surface area contributed by atoms with Gasteiger partial charge in [-0.25, -0.2) is 19.7 Å². The number of imidazole rings is 1. The third-order valence-corrected chi connectivity index (χ3v) is 6.86. The molecule has 0 aliphatic carbocycles. The fourth-order valence-corrected chi connectivity index (χ4v) is 4.39. The molecule has 1 saturated heterocycles. The molecule has 5 atom stereocenters. The lowest BCUT2D eigenvalue weighted by molar-refractivity contribution is -0.137. The van der Waals surface area contributed by atoms with Gasteiger partial charge in [0.05, 0.1) is 19.0 Å². The molecule has 2 aromatic rings. The van der Waals surface area contributed by atoms with Crippen molar-refractivity contribution in [3.63, 3.8) is 0 Å². The quantitative estimate of drug-likeness (QED) is 0.159. The van der Waals surface area contributed by atoms with E-state index in [2.05, 4.69) is 44.8 Å².